The zero-order chi connectivity index (χ0) is 12.8. The number of nitrogens with zero attached hydrogens (tertiary/aromatic N) is 1. The molecule has 0 aliphatic rings. The van der Waals surface area contributed by atoms with Crippen LogP contribution in [0.2, 0.25) is 0 Å². The minimum Gasteiger partial charge on any atom is -0.472 e. The van der Waals surface area contributed by atoms with E-state index in [-0.39, 0.29) is 6.61 Å². The van der Waals surface area contributed by atoms with Crippen LogP contribution in [0.3, 0.4) is 0 Å². The summed E-state index contributed by atoms with van der Waals surface area (Å²) in [5, 5.41) is 0. The Labute approximate surface area is 98.1 Å². The molecule has 0 spiro atoms. The van der Waals surface area contributed by atoms with Gasteiger partial charge in [0.05, 0.1) is 0 Å². The highest BCUT2D eigenvalue weighted by Gasteiger charge is 2.13. The van der Waals surface area contributed by atoms with Crippen molar-refractivity contribution in [1.82, 2.24) is 0 Å². The summed E-state index contributed by atoms with van der Waals surface area (Å²) in [6.07, 6.45) is -2.00. The second-order valence-electron chi connectivity index (χ2n) is 3.46. The van der Waals surface area contributed by atoms with E-state index in [4.69, 9.17) is 4.74 Å². The molecule has 0 saturated carbocycles. The largest absolute Gasteiger partial charge is 0.472 e. The number of carbonyl (C=O) groups excluding carboxylic acids is 1. The van der Waals surface area contributed by atoms with Gasteiger partial charge in [-0.1, -0.05) is 12.1 Å². The zero-order valence-electron chi connectivity index (χ0n) is 9.61. The van der Waals surface area contributed by atoms with Crippen molar-refractivity contribution >= 4 is 12.2 Å². The van der Waals surface area contributed by atoms with E-state index in [1.165, 1.54) is 7.05 Å². The van der Waals surface area contributed by atoms with E-state index >= 15 is 0 Å². The number of aryl methyl sites for hydroxylation is 1. The Hall–Kier alpha value is -1.78. The number of halogens is 2. The molecule has 0 unspecified atom stereocenters. The second-order valence-corrected chi connectivity index (χ2v) is 3.46. The van der Waals surface area contributed by atoms with Crippen LogP contribution in [0, 0.1) is 6.92 Å². The lowest BCUT2D eigenvalue weighted by atomic mass is 10.1. The van der Waals surface area contributed by atoms with Gasteiger partial charge in [-0.15, -0.1) is 0 Å². The maximum absolute atomic E-state index is 12.3. The first-order chi connectivity index (χ1) is 8.08. The van der Waals surface area contributed by atoms with Crippen molar-refractivity contribution in [2.75, 3.05) is 7.05 Å². The summed E-state index contributed by atoms with van der Waals surface area (Å²) in [5.74, 6) is -0.599. The fourth-order valence-electron chi connectivity index (χ4n) is 1.29. The van der Waals surface area contributed by atoms with E-state index in [1.807, 2.05) is 0 Å². The van der Waals surface area contributed by atoms with Crippen molar-refractivity contribution in [3.63, 3.8) is 0 Å². The Kier molecular flexibility index (Phi) is 4.75. The van der Waals surface area contributed by atoms with Crippen molar-refractivity contribution in [3.8, 4) is 0 Å². The zero-order valence-corrected chi connectivity index (χ0v) is 9.61. The molecule has 0 atom stereocenters. The predicted molar refractivity (Wildman–Crippen MR) is 60.7 cm³/mol. The van der Waals surface area contributed by atoms with Crippen LogP contribution in [0.4, 0.5) is 8.78 Å². The maximum Gasteiger partial charge on any atom is 0.312 e. The standard InChI is InChI=1S/C12H13F2NO2/c1-8-3-4-9(5-10(8)6-16)7-17-12(15-2)11(13)14/h3-6,11H,7H2,1-2H3. The number of benzene rings is 1. The summed E-state index contributed by atoms with van der Waals surface area (Å²) >= 11 is 0. The molecule has 5 heteroatoms. The molecule has 1 rings (SSSR count). The maximum atomic E-state index is 12.3. The molecular formula is C12H13F2NO2. The first-order valence-corrected chi connectivity index (χ1v) is 5.00. The smallest absolute Gasteiger partial charge is 0.312 e. The van der Waals surface area contributed by atoms with Crippen LogP contribution in [-0.4, -0.2) is 25.7 Å². The Morgan fingerprint density at radius 1 is 1.53 bits per heavy atom. The summed E-state index contributed by atoms with van der Waals surface area (Å²) < 4.78 is 29.5. The third-order valence-corrected chi connectivity index (χ3v) is 2.26. The summed E-state index contributed by atoms with van der Waals surface area (Å²) in [4.78, 5) is 14.0. The summed E-state index contributed by atoms with van der Waals surface area (Å²) in [5.41, 5.74) is 2.01. The van der Waals surface area contributed by atoms with Crippen molar-refractivity contribution in [2.24, 2.45) is 4.99 Å². The lowest BCUT2D eigenvalue weighted by Gasteiger charge is -2.08. The highest BCUT2D eigenvalue weighted by atomic mass is 19.3. The molecule has 0 aliphatic heterocycles. The molecule has 0 N–H and O–H groups in total. The minimum atomic E-state index is -2.73. The van der Waals surface area contributed by atoms with E-state index in [1.54, 1.807) is 25.1 Å². The van der Waals surface area contributed by atoms with E-state index in [0.29, 0.717) is 11.1 Å². The molecular weight excluding hydrogens is 228 g/mol. The summed E-state index contributed by atoms with van der Waals surface area (Å²) in [7, 11) is 1.24. The lowest BCUT2D eigenvalue weighted by molar-refractivity contribution is 0.112. The van der Waals surface area contributed by atoms with Crippen LogP contribution in [0.15, 0.2) is 23.2 Å². The van der Waals surface area contributed by atoms with Gasteiger partial charge in [-0.3, -0.25) is 9.79 Å². The van der Waals surface area contributed by atoms with Crippen LogP contribution >= 0.6 is 0 Å². The van der Waals surface area contributed by atoms with E-state index in [2.05, 4.69) is 4.99 Å². The predicted octanol–water partition coefficient (Wildman–Crippen LogP) is 2.62. The normalized spacial score (nSPS) is 11.7. The van der Waals surface area contributed by atoms with Crippen molar-refractivity contribution in [3.05, 3.63) is 34.9 Å². The van der Waals surface area contributed by atoms with Crippen LogP contribution in [0.5, 0.6) is 0 Å². The van der Waals surface area contributed by atoms with Gasteiger partial charge < -0.3 is 4.74 Å². The lowest BCUT2D eigenvalue weighted by Crippen LogP contribution is -2.14. The third kappa shape index (κ3) is 3.62. The number of rotatable bonds is 4. The van der Waals surface area contributed by atoms with Gasteiger partial charge >= 0.3 is 6.43 Å². The van der Waals surface area contributed by atoms with Crippen LogP contribution in [0.25, 0.3) is 0 Å². The molecule has 1 aromatic carbocycles. The second kappa shape index (κ2) is 6.08. The fourth-order valence-corrected chi connectivity index (χ4v) is 1.29. The van der Waals surface area contributed by atoms with Gasteiger partial charge in [0.15, 0.2) is 0 Å². The van der Waals surface area contributed by atoms with Crippen molar-refractivity contribution in [2.45, 2.75) is 20.0 Å². The monoisotopic (exact) mass is 241 g/mol. The van der Waals surface area contributed by atoms with Gasteiger partial charge in [0, 0.05) is 12.6 Å². The molecule has 0 saturated heterocycles. The Bertz CT molecular complexity index is 431. The number of aliphatic imine (C=N–C) groups is 1. The first-order valence-electron chi connectivity index (χ1n) is 5.00. The number of aldehydes is 1. The number of hydrogen-bond donors (Lipinski definition) is 0. The van der Waals surface area contributed by atoms with Gasteiger partial charge in [-0.25, -0.2) is 0 Å². The van der Waals surface area contributed by atoms with Gasteiger partial charge in [0.2, 0.25) is 0 Å². The fraction of sp³-hybridized carbons (Fsp3) is 0.333. The van der Waals surface area contributed by atoms with Crippen molar-refractivity contribution in [1.29, 1.82) is 0 Å². The highest BCUT2D eigenvalue weighted by Crippen LogP contribution is 2.11. The summed E-state index contributed by atoms with van der Waals surface area (Å²) in [6.45, 7) is 1.77. The molecule has 0 radical (unpaired) electrons. The number of carbonyl (C=O) groups is 1. The molecule has 0 bridgehead atoms. The average Bonchev–Trinajstić information content (AvgIpc) is 2.31. The van der Waals surface area contributed by atoms with Gasteiger partial charge in [-0.2, -0.15) is 8.78 Å². The molecule has 0 aliphatic carbocycles. The SMILES string of the molecule is CN=C(OCc1ccc(C)c(C=O)c1)C(F)F. The van der Waals surface area contributed by atoms with Gasteiger partial charge in [0.25, 0.3) is 5.90 Å². The van der Waals surface area contributed by atoms with E-state index in [9.17, 15) is 13.6 Å². The summed E-state index contributed by atoms with van der Waals surface area (Å²) in [6, 6.07) is 5.08. The quantitative estimate of drug-likeness (QED) is 0.461. The van der Waals surface area contributed by atoms with Gasteiger partial charge in [0.1, 0.15) is 12.9 Å². The minimum absolute atomic E-state index is 0.0296. The average molecular weight is 241 g/mol. The third-order valence-electron chi connectivity index (χ3n) is 2.26. The molecule has 1 aromatic rings. The highest BCUT2D eigenvalue weighted by molar-refractivity contribution is 5.79. The molecule has 0 fully saturated rings. The van der Waals surface area contributed by atoms with Crippen LogP contribution < -0.4 is 0 Å². The molecule has 3 nitrogen and oxygen atoms in total. The Morgan fingerprint density at radius 2 is 2.24 bits per heavy atom. The number of hydrogen-bond acceptors (Lipinski definition) is 3. The number of ether oxygens (including phenoxy) is 1. The van der Waals surface area contributed by atoms with E-state index in [0.717, 1.165) is 11.8 Å². The topological polar surface area (TPSA) is 38.7 Å². The molecule has 0 amide bonds. The Morgan fingerprint density at radius 3 is 2.76 bits per heavy atom. The first kappa shape index (κ1) is 13.3. The molecule has 0 heterocycles. The van der Waals surface area contributed by atoms with Crippen LogP contribution in [0.1, 0.15) is 21.5 Å². The Balaban J connectivity index is 2.73. The van der Waals surface area contributed by atoms with E-state index < -0.39 is 12.3 Å². The van der Waals surface area contributed by atoms with Crippen molar-refractivity contribution < 1.29 is 18.3 Å². The molecule has 17 heavy (non-hydrogen) atoms. The van der Waals surface area contributed by atoms with Crippen LogP contribution in [-0.2, 0) is 11.3 Å². The molecule has 92 valence electrons. The number of alkyl halides is 2. The molecule has 0 aromatic heterocycles. The van der Waals surface area contributed by atoms with Gasteiger partial charge in [-0.05, 0) is 24.1 Å².